The SMILES string of the molecule is O=C(COc1ccc(Br)cc1)N1CC[C@@H]2CNC[C@@H]2CC1. The monoisotopic (exact) mass is 352 g/mol. The number of halogens is 1. The van der Waals surface area contributed by atoms with Crippen molar-refractivity contribution in [2.24, 2.45) is 11.8 Å². The van der Waals surface area contributed by atoms with Crippen molar-refractivity contribution >= 4 is 21.8 Å². The molecule has 2 aliphatic heterocycles. The Bertz CT molecular complexity index is 478. The average molecular weight is 353 g/mol. The molecule has 0 saturated carbocycles. The minimum Gasteiger partial charge on any atom is -0.484 e. The molecule has 0 radical (unpaired) electrons. The summed E-state index contributed by atoms with van der Waals surface area (Å²) < 4.78 is 6.59. The van der Waals surface area contributed by atoms with Crippen LogP contribution in [0.3, 0.4) is 0 Å². The number of carbonyl (C=O) groups excluding carboxylic acids is 1. The van der Waals surface area contributed by atoms with Gasteiger partial charge in [0, 0.05) is 17.6 Å². The first-order chi connectivity index (χ1) is 10.2. The van der Waals surface area contributed by atoms with Crippen LogP contribution in [0.2, 0.25) is 0 Å². The van der Waals surface area contributed by atoms with E-state index in [1.807, 2.05) is 29.2 Å². The number of fused-ring (bicyclic) bond motifs is 1. The molecule has 2 fully saturated rings. The Kier molecular flexibility index (Phi) is 4.80. The van der Waals surface area contributed by atoms with Crippen molar-refractivity contribution in [3.05, 3.63) is 28.7 Å². The minimum absolute atomic E-state index is 0.103. The maximum Gasteiger partial charge on any atom is 0.260 e. The Balaban J connectivity index is 1.50. The van der Waals surface area contributed by atoms with Crippen molar-refractivity contribution in [3.63, 3.8) is 0 Å². The van der Waals surface area contributed by atoms with Crippen LogP contribution in [-0.4, -0.2) is 43.6 Å². The van der Waals surface area contributed by atoms with Gasteiger partial charge < -0.3 is 15.0 Å². The number of rotatable bonds is 3. The summed E-state index contributed by atoms with van der Waals surface area (Å²) in [5.74, 6) is 2.33. The van der Waals surface area contributed by atoms with E-state index in [0.29, 0.717) is 0 Å². The number of nitrogens with one attached hydrogen (secondary N) is 1. The third-order valence-electron chi connectivity index (χ3n) is 4.55. The minimum atomic E-state index is 0.103. The van der Waals surface area contributed by atoms with E-state index in [2.05, 4.69) is 21.2 Å². The summed E-state index contributed by atoms with van der Waals surface area (Å²) in [5, 5.41) is 3.46. The standard InChI is InChI=1S/C16H21BrN2O2/c17-14-1-3-15(4-2-14)21-11-16(20)19-7-5-12-9-18-10-13(12)6-8-19/h1-4,12-13,18H,5-11H2/t12-,13+. The quantitative estimate of drug-likeness (QED) is 0.907. The normalized spacial score (nSPS) is 25.3. The van der Waals surface area contributed by atoms with E-state index < -0.39 is 0 Å². The first-order valence-electron chi connectivity index (χ1n) is 7.59. The number of nitrogens with zero attached hydrogens (tertiary/aromatic N) is 1. The van der Waals surface area contributed by atoms with Crippen LogP contribution in [0.15, 0.2) is 28.7 Å². The summed E-state index contributed by atoms with van der Waals surface area (Å²) in [6.07, 6.45) is 2.23. The van der Waals surface area contributed by atoms with Gasteiger partial charge in [-0.15, -0.1) is 0 Å². The molecular formula is C16H21BrN2O2. The number of benzene rings is 1. The Hall–Kier alpha value is -1.07. The highest BCUT2D eigenvalue weighted by atomic mass is 79.9. The first-order valence-corrected chi connectivity index (χ1v) is 8.38. The molecule has 0 unspecified atom stereocenters. The molecule has 1 aromatic rings. The molecular weight excluding hydrogens is 332 g/mol. The average Bonchev–Trinajstić information content (AvgIpc) is 2.85. The van der Waals surface area contributed by atoms with Gasteiger partial charge in [-0.1, -0.05) is 15.9 Å². The molecule has 0 bridgehead atoms. The maximum atomic E-state index is 12.3. The molecule has 2 atom stereocenters. The van der Waals surface area contributed by atoms with Crippen molar-refractivity contribution in [1.29, 1.82) is 0 Å². The van der Waals surface area contributed by atoms with Crippen LogP contribution in [0.4, 0.5) is 0 Å². The van der Waals surface area contributed by atoms with E-state index in [0.717, 1.165) is 61.1 Å². The second-order valence-electron chi connectivity index (χ2n) is 5.88. The zero-order valence-electron chi connectivity index (χ0n) is 12.1. The van der Waals surface area contributed by atoms with Crippen molar-refractivity contribution in [2.75, 3.05) is 32.8 Å². The van der Waals surface area contributed by atoms with Crippen molar-refractivity contribution in [2.45, 2.75) is 12.8 Å². The predicted molar refractivity (Wildman–Crippen MR) is 85.3 cm³/mol. The zero-order valence-corrected chi connectivity index (χ0v) is 13.6. The van der Waals surface area contributed by atoms with Crippen LogP contribution >= 0.6 is 15.9 Å². The molecule has 0 aliphatic carbocycles. The van der Waals surface area contributed by atoms with Crippen LogP contribution in [0.25, 0.3) is 0 Å². The lowest BCUT2D eigenvalue weighted by molar-refractivity contribution is -0.133. The molecule has 114 valence electrons. The zero-order chi connectivity index (χ0) is 14.7. The molecule has 3 rings (SSSR count). The van der Waals surface area contributed by atoms with Gasteiger partial charge in [-0.25, -0.2) is 0 Å². The molecule has 2 heterocycles. The van der Waals surface area contributed by atoms with Crippen LogP contribution in [0.5, 0.6) is 5.75 Å². The van der Waals surface area contributed by atoms with Gasteiger partial charge in [-0.3, -0.25) is 4.79 Å². The van der Waals surface area contributed by atoms with E-state index in [-0.39, 0.29) is 12.5 Å². The predicted octanol–water partition coefficient (Wildman–Crippen LogP) is 2.29. The molecule has 1 aromatic carbocycles. The molecule has 5 heteroatoms. The van der Waals surface area contributed by atoms with Gasteiger partial charge in [0.2, 0.25) is 0 Å². The second kappa shape index (κ2) is 6.79. The van der Waals surface area contributed by atoms with Crippen molar-refractivity contribution < 1.29 is 9.53 Å². The lowest BCUT2D eigenvalue weighted by atomic mass is 9.92. The lowest BCUT2D eigenvalue weighted by Gasteiger charge is -2.21. The van der Waals surface area contributed by atoms with Gasteiger partial charge in [0.05, 0.1) is 0 Å². The van der Waals surface area contributed by atoms with Crippen LogP contribution in [0.1, 0.15) is 12.8 Å². The fourth-order valence-corrected chi connectivity index (χ4v) is 3.50. The van der Waals surface area contributed by atoms with E-state index in [1.165, 1.54) is 0 Å². The fourth-order valence-electron chi connectivity index (χ4n) is 3.23. The van der Waals surface area contributed by atoms with E-state index in [4.69, 9.17) is 4.74 Å². The third kappa shape index (κ3) is 3.77. The highest BCUT2D eigenvalue weighted by Crippen LogP contribution is 2.27. The molecule has 2 saturated heterocycles. The maximum absolute atomic E-state index is 12.3. The number of likely N-dealkylation sites (tertiary alicyclic amines) is 1. The molecule has 4 nitrogen and oxygen atoms in total. The summed E-state index contributed by atoms with van der Waals surface area (Å²) >= 11 is 3.38. The summed E-state index contributed by atoms with van der Waals surface area (Å²) in [6, 6.07) is 7.57. The molecule has 0 spiro atoms. The fraction of sp³-hybridized carbons (Fsp3) is 0.562. The van der Waals surface area contributed by atoms with Gasteiger partial charge >= 0.3 is 0 Å². The summed E-state index contributed by atoms with van der Waals surface area (Å²) in [7, 11) is 0. The first kappa shape index (κ1) is 14.9. The molecule has 21 heavy (non-hydrogen) atoms. The topological polar surface area (TPSA) is 41.6 Å². The number of amides is 1. The van der Waals surface area contributed by atoms with Crippen LogP contribution in [-0.2, 0) is 4.79 Å². The number of ether oxygens (including phenoxy) is 1. The van der Waals surface area contributed by atoms with Gasteiger partial charge in [0.25, 0.3) is 5.91 Å². The largest absolute Gasteiger partial charge is 0.484 e. The van der Waals surface area contributed by atoms with Crippen LogP contribution < -0.4 is 10.1 Å². The van der Waals surface area contributed by atoms with E-state index in [9.17, 15) is 4.79 Å². The molecule has 2 aliphatic rings. The Labute approximate surface area is 134 Å². The summed E-state index contributed by atoms with van der Waals surface area (Å²) in [5.41, 5.74) is 0. The Morgan fingerprint density at radius 2 is 1.81 bits per heavy atom. The van der Waals surface area contributed by atoms with Crippen molar-refractivity contribution in [1.82, 2.24) is 10.2 Å². The molecule has 1 amide bonds. The second-order valence-corrected chi connectivity index (χ2v) is 6.79. The van der Waals surface area contributed by atoms with Gasteiger partial charge in [-0.05, 0) is 62.0 Å². The van der Waals surface area contributed by atoms with E-state index >= 15 is 0 Å². The smallest absolute Gasteiger partial charge is 0.260 e. The van der Waals surface area contributed by atoms with Crippen LogP contribution in [0, 0.1) is 11.8 Å². The Morgan fingerprint density at radius 1 is 1.19 bits per heavy atom. The van der Waals surface area contributed by atoms with Gasteiger partial charge in [0.1, 0.15) is 5.75 Å². The molecule has 0 aromatic heterocycles. The van der Waals surface area contributed by atoms with Gasteiger partial charge in [0.15, 0.2) is 6.61 Å². The Morgan fingerprint density at radius 3 is 2.43 bits per heavy atom. The highest BCUT2D eigenvalue weighted by Gasteiger charge is 2.31. The summed E-state index contributed by atoms with van der Waals surface area (Å²) in [6.45, 7) is 4.09. The van der Waals surface area contributed by atoms with Gasteiger partial charge in [-0.2, -0.15) is 0 Å². The molecule has 1 N–H and O–H groups in total. The van der Waals surface area contributed by atoms with E-state index in [1.54, 1.807) is 0 Å². The third-order valence-corrected chi connectivity index (χ3v) is 5.08. The highest BCUT2D eigenvalue weighted by molar-refractivity contribution is 9.10. The van der Waals surface area contributed by atoms with Crippen molar-refractivity contribution in [3.8, 4) is 5.75 Å². The lowest BCUT2D eigenvalue weighted by Crippen LogP contribution is -2.36. The number of carbonyl (C=O) groups is 1. The number of hydrogen-bond donors (Lipinski definition) is 1. The summed E-state index contributed by atoms with van der Waals surface area (Å²) in [4.78, 5) is 14.3. The number of hydrogen-bond acceptors (Lipinski definition) is 3.